The van der Waals surface area contributed by atoms with Crippen LogP contribution in [-0.4, -0.2) is 37.3 Å². The van der Waals surface area contributed by atoms with Gasteiger partial charge in [0.1, 0.15) is 5.82 Å². The number of carboxylic acids is 1. The van der Waals surface area contributed by atoms with E-state index in [0.29, 0.717) is 5.25 Å². The molecule has 0 bridgehead atoms. The van der Waals surface area contributed by atoms with Crippen LogP contribution >= 0.6 is 23.5 Å². The van der Waals surface area contributed by atoms with Gasteiger partial charge in [-0.2, -0.15) is 11.8 Å². The summed E-state index contributed by atoms with van der Waals surface area (Å²) in [6.45, 7) is 4.18. The van der Waals surface area contributed by atoms with E-state index in [1.54, 1.807) is 0 Å². The minimum atomic E-state index is -0.822. The third kappa shape index (κ3) is 3.66. The van der Waals surface area contributed by atoms with Crippen molar-refractivity contribution in [3.63, 3.8) is 0 Å². The summed E-state index contributed by atoms with van der Waals surface area (Å²) >= 11 is 3.19. The Morgan fingerprint density at radius 1 is 1.53 bits per heavy atom. The number of nitrogens with zero attached hydrogens (tertiary/aromatic N) is 3. The van der Waals surface area contributed by atoms with Crippen LogP contribution in [0.3, 0.4) is 0 Å². The molecule has 106 valence electrons. The van der Waals surface area contributed by atoms with E-state index in [0.717, 1.165) is 17.4 Å². The summed E-state index contributed by atoms with van der Waals surface area (Å²) < 4.78 is 2.09. The molecule has 0 aromatic carbocycles. The van der Waals surface area contributed by atoms with Crippen LogP contribution in [0.5, 0.6) is 0 Å². The molecule has 1 saturated heterocycles. The fourth-order valence-corrected chi connectivity index (χ4v) is 4.26. The monoisotopic (exact) mass is 301 g/mol. The fraction of sp³-hybridized carbons (Fsp3) is 0.750. The van der Waals surface area contributed by atoms with Gasteiger partial charge in [-0.15, -0.1) is 10.2 Å². The lowest BCUT2D eigenvalue weighted by molar-refractivity contribution is -0.133. The summed E-state index contributed by atoms with van der Waals surface area (Å²) in [4.78, 5) is 10.7. The molecule has 19 heavy (non-hydrogen) atoms. The van der Waals surface area contributed by atoms with Gasteiger partial charge >= 0.3 is 5.97 Å². The first-order chi connectivity index (χ1) is 9.09. The fourth-order valence-electron chi connectivity index (χ4n) is 2.16. The molecule has 2 rings (SSSR count). The van der Waals surface area contributed by atoms with Crippen molar-refractivity contribution in [3.05, 3.63) is 5.82 Å². The number of aliphatic carboxylic acids is 1. The summed E-state index contributed by atoms with van der Waals surface area (Å²) in [5.74, 6) is 1.39. The first kappa shape index (κ1) is 14.7. The molecular formula is C12H19N3O2S2. The molecule has 1 aliphatic heterocycles. The second-order valence-electron chi connectivity index (χ2n) is 4.84. The maximum Gasteiger partial charge on any atom is 0.313 e. The van der Waals surface area contributed by atoms with Gasteiger partial charge in [0.15, 0.2) is 5.16 Å². The Kier molecular flexibility index (Phi) is 5.15. The SMILES string of the molecule is CC(C)n1c(SCC(=O)O)nnc1C1CCCCS1. The molecule has 1 unspecified atom stereocenters. The Hall–Kier alpha value is -0.690. The van der Waals surface area contributed by atoms with Gasteiger partial charge in [-0.25, -0.2) is 0 Å². The van der Waals surface area contributed by atoms with Gasteiger partial charge in [-0.3, -0.25) is 4.79 Å². The summed E-state index contributed by atoms with van der Waals surface area (Å²) in [6, 6.07) is 0.254. The average Bonchev–Trinajstić information content (AvgIpc) is 2.81. The van der Waals surface area contributed by atoms with E-state index in [9.17, 15) is 4.79 Å². The highest BCUT2D eigenvalue weighted by Crippen LogP contribution is 2.39. The molecule has 1 atom stereocenters. The second-order valence-corrected chi connectivity index (χ2v) is 7.10. The minimum Gasteiger partial charge on any atom is -0.481 e. The van der Waals surface area contributed by atoms with E-state index >= 15 is 0 Å². The van der Waals surface area contributed by atoms with E-state index in [2.05, 4.69) is 28.6 Å². The van der Waals surface area contributed by atoms with E-state index in [4.69, 9.17) is 5.11 Å². The van der Waals surface area contributed by atoms with Crippen molar-refractivity contribution >= 4 is 29.5 Å². The van der Waals surface area contributed by atoms with Crippen molar-refractivity contribution in [1.82, 2.24) is 14.8 Å². The van der Waals surface area contributed by atoms with Crippen LogP contribution in [-0.2, 0) is 4.79 Å². The van der Waals surface area contributed by atoms with Gasteiger partial charge in [0.25, 0.3) is 0 Å². The molecule has 0 radical (unpaired) electrons. The largest absolute Gasteiger partial charge is 0.481 e. The number of hydrogen-bond acceptors (Lipinski definition) is 5. The zero-order chi connectivity index (χ0) is 13.8. The summed E-state index contributed by atoms with van der Waals surface area (Å²) in [5, 5.41) is 18.4. The molecule has 1 aliphatic rings. The second kappa shape index (κ2) is 6.65. The Labute approximate surface area is 121 Å². The first-order valence-corrected chi connectivity index (χ1v) is 8.54. The van der Waals surface area contributed by atoms with Gasteiger partial charge in [-0.1, -0.05) is 18.2 Å². The van der Waals surface area contributed by atoms with Crippen molar-refractivity contribution in [1.29, 1.82) is 0 Å². The predicted octanol–water partition coefficient (Wildman–Crippen LogP) is 2.99. The quantitative estimate of drug-likeness (QED) is 0.843. The minimum absolute atomic E-state index is 0.0304. The van der Waals surface area contributed by atoms with Gasteiger partial charge in [-0.05, 0) is 32.4 Å². The molecule has 0 amide bonds. The zero-order valence-electron chi connectivity index (χ0n) is 11.2. The number of hydrogen-bond donors (Lipinski definition) is 1. The van der Waals surface area contributed by atoms with E-state index < -0.39 is 5.97 Å². The third-order valence-corrected chi connectivity index (χ3v) is 5.30. The number of rotatable bonds is 5. The highest BCUT2D eigenvalue weighted by atomic mass is 32.2. The van der Waals surface area contributed by atoms with Crippen molar-refractivity contribution in [2.45, 2.75) is 49.6 Å². The molecule has 1 fully saturated rings. The maximum absolute atomic E-state index is 10.7. The maximum atomic E-state index is 10.7. The lowest BCUT2D eigenvalue weighted by Gasteiger charge is -2.23. The average molecular weight is 301 g/mol. The number of thioether (sulfide) groups is 2. The molecule has 0 aliphatic carbocycles. The summed E-state index contributed by atoms with van der Waals surface area (Å²) in [6.07, 6.45) is 3.65. The highest BCUT2D eigenvalue weighted by molar-refractivity contribution is 8.00. The highest BCUT2D eigenvalue weighted by Gasteiger charge is 2.25. The molecule has 5 nitrogen and oxygen atoms in total. The lowest BCUT2D eigenvalue weighted by atomic mass is 10.2. The smallest absolute Gasteiger partial charge is 0.313 e. The van der Waals surface area contributed by atoms with Crippen LogP contribution in [0.25, 0.3) is 0 Å². The zero-order valence-corrected chi connectivity index (χ0v) is 12.8. The summed E-state index contributed by atoms with van der Waals surface area (Å²) in [5.41, 5.74) is 0. The Balaban J connectivity index is 2.20. The molecule has 0 spiro atoms. The van der Waals surface area contributed by atoms with Crippen LogP contribution < -0.4 is 0 Å². The first-order valence-electron chi connectivity index (χ1n) is 6.50. The predicted molar refractivity (Wildman–Crippen MR) is 77.8 cm³/mol. The lowest BCUT2D eigenvalue weighted by Crippen LogP contribution is -2.13. The summed E-state index contributed by atoms with van der Waals surface area (Å²) in [7, 11) is 0. The van der Waals surface area contributed by atoms with Gasteiger partial charge < -0.3 is 9.67 Å². The van der Waals surface area contributed by atoms with Crippen LogP contribution in [0.1, 0.15) is 50.2 Å². The molecule has 0 saturated carbocycles. The topological polar surface area (TPSA) is 68.0 Å². The van der Waals surface area contributed by atoms with Crippen molar-refractivity contribution < 1.29 is 9.90 Å². The number of carboxylic acid groups (broad SMARTS) is 1. The third-order valence-electron chi connectivity index (χ3n) is 3.00. The van der Waals surface area contributed by atoms with Crippen molar-refractivity contribution in [3.8, 4) is 0 Å². The number of aromatic nitrogens is 3. The molecular weight excluding hydrogens is 282 g/mol. The molecule has 1 aromatic heterocycles. The molecule has 7 heteroatoms. The van der Waals surface area contributed by atoms with Gasteiger partial charge in [0, 0.05) is 6.04 Å². The normalized spacial score (nSPS) is 19.8. The molecule has 2 heterocycles. The van der Waals surface area contributed by atoms with Crippen LogP contribution in [0.15, 0.2) is 5.16 Å². The van der Waals surface area contributed by atoms with E-state index in [-0.39, 0.29) is 11.8 Å². The number of carbonyl (C=O) groups is 1. The Bertz CT molecular complexity index is 442. The van der Waals surface area contributed by atoms with Crippen LogP contribution in [0.2, 0.25) is 0 Å². The van der Waals surface area contributed by atoms with E-state index in [1.165, 1.54) is 30.4 Å². The van der Waals surface area contributed by atoms with Gasteiger partial charge in [0.2, 0.25) is 0 Å². The molecule has 1 N–H and O–H groups in total. The Morgan fingerprint density at radius 2 is 2.32 bits per heavy atom. The standard InChI is InChI=1S/C12H19N3O2S2/c1-8(2)15-11(9-5-3-4-6-18-9)13-14-12(15)19-7-10(16)17/h8-9H,3-7H2,1-2H3,(H,16,17). The van der Waals surface area contributed by atoms with Crippen LogP contribution in [0.4, 0.5) is 0 Å². The molecule has 1 aromatic rings. The van der Waals surface area contributed by atoms with Crippen molar-refractivity contribution in [2.75, 3.05) is 11.5 Å². The Morgan fingerprint density at radius 3 is 2.89 bits per heavy atom. The van der Waals surface area contributed by atoms with Gasteiger partial charge in [0.05, 0.1) is 11.0 Å². The van der Waals surface area contributed by atoms with Crippen molar-refractivity contribution in [2.24, 2.45) is 0 Å². The van der Waals surface area contributed by atoms with E-state index in [1.807, 2.05) is 11.8 Å². The van der Waals surface area contributed by atoms with Crippen LogP contribution in [0, 0.1) is 0 Å².